The first kappa shape index (κ1) is 14.0. The van der Waals surface area contributed by atoms with Gasteiger partial charge in [0.25, 0.3) is 5.91 Å². The van der Waals surface area contributed by atoms with Crippen LogP contribution >= 0.6 is 0 Å². The molecule has 1 amide bonds. The van der Waals surface area contributed by atoms with Gasteiger partial charge in [0.2, 0.25) is 0 Å². The summed E-state index contributed by atoms with van der Waals surface area (Å²) in [5.41, 5.74) is 1.53. The Balaban J connectivity index is 1.98. The summed E-state index contributed by atoms with van der Waals surface area (Å²) < 4.78 is 15.3. The van der Waals surface area contributed by atoms with Crippen LogP contribution in [0, 0.1) is 0 Å². The summed E-state index contributed by atoms with van der Waals surface area (Å²) in [5.74, 6) is 0.968. The third kappa shape index (κ3) is 3.32. The Morgan fingerprint density at radius 3 is 2.75 bits per heavy atom. The van der Waals surface area contributed by atoms with Gasteiger partial charge in [-0.15, -0.1) is 0 Å². The van der Waals surface area contributed by atoms with Crippen molar-refractivity contribution in [2.24, 2.45) is 0 Å². The van der Waals surface area contributed by atoms with E-state index < -0.39 is 0 Å². The van der Waals surface area contributed by atoms with Crippen LogP contribution in [0.25, 0.3) is 0 Å². The summed E-state index contributed by atoms with van der Waals surface area (Å²) in [6.07, 6.45) is 4.00. The maximum absolute atomic E-state index is 12.1. The molecule has 0 unspecified atom stereocenters. The molecule has 1 heterocycles. The summed E-state index contributed by atoms with van der Waals surface area (Å²) in [6, 6.07) is 6.98. The van der Waals surface area contributed by atoms with Crippen LogP contribution in [0.2, 0.25) is 0 Å². The van der Waals surface area contributed by atoms with Crippen LogP contribution in [0.5, 0.6) is 11.5 Å². The predicted molar refractivity (Wildman–Crippen MR) is 74.3 cm³/mol. The molecule has 20 heavy (non-hydrogen) atoms. The zero-order valence-corrected chi connectivity index (χ0v) is 11.5. The number of rotatable bonds is 6. The highest BCUT2D eigenvalue weighted by molar-refractivity contribution is 5.97. The molecule has 2 aromatic rings. The number of amides is 1. The molecular weight excluding hydrogens is 258 g/mol. The Kier molecular flexibility index (Phi) is 4.65. The molecule has 0 aliphatic heterocycles. The second kappa shape index (κ2) is 6.65. The first-order chi connectivity index (χ1) is 9.74. The van der Waals surface area contributed by atoms with Crippen molar-refractivity contribution in [2.75, 3.05) is 20.8 Å². The van der Waals surface area contributed by atoms with E-state index >= 15 is 0 Å². The molecule has 2 rings (SSSR count). The number of hydrogen-bond donors (Lipinski definition) is 1. The van der Waals surface area contributed by atoms with E-state index in [2.05, 4.69) is 5.32 Å². The maximum atomic E-state index is 12.1. The highest BCUT2D eigenvalue weighted by Gasteiger charge is 2.12. The number of carbonyl (C=O) groups is 1. The number of nitrogens with one attached hydrogen (secondary N) is 1. The second-order valence-corrected chi connectivity index (χ2v) is 4.20. The first-order valence-corrected chi connectivity index (χ1v) is 6.26. The second-order valence-electron chi connectivity index (χ2n) is 4.20. The van der Waals surface area contributed by atoms with Crippen molar-refractivity contribution >= 4 is 5.91 Å². The zero-order valence-electron chi connectivity index (χ0n) is 11.5. The molecule has 0 spiro atoms. The fourth-order valence-electron chi connectivity index (χ4n) is 1.84. The van der Waals surface area contributed by atoms with Gasteiger partial charge in [0.05, 0.1) is 32.3 Å². The van der Waals surface area contributed by atoms with Gasteiger partial charge in [-0.1, -0.05) is 0 Å². The number of carbonyl (C=O) groups excluding carboxylic acids is 1. The summed E-state index contributed by atoms with van der Waals surface area (Å²) >= 11 is 0. The lowest BCUT2D eigenvalue weighted by molar-refractivity contribution is 0.0951. The number of ether oxygens (including phenoxy) is 2. The Labute approximate surface area is 117 Å². The van der Waals surface area contributed by atoms with E-state index in [9.17, 15) is 4.79 Å². The number of benzene rings is 1. The van der Waals surface area contributed by atoms with Crippen LogP contribution in [0.1, 0.15) is 15.9 Å². The molecule has 0 aliphatic rings. The molecule has 0 fully saturated rings. The van der Waals surface area contributed by atoms with E-state index in [4.69, 9.17) is 13.9 Å². The third-order valence-electron chi connectivity index (χ3n) is 2.93. The number of methoxy groups -OCH3 is 2. The molecule has 0 bridgehead atoms. The van der Waals surface area contributed by atoms with Crippen molar-refractivity contribution in [1.82, 2.24) is 5.32 Å². The van der Waals surface area contributed by atoms with Crippen LogP contribution in [-0.4, -0.2) is 26.7 Å². The molecule has 0 radical (unpaired) electrons. The minimum absolute atomic E-state index is 0.173. The fourth-order valence-corrected chi connectivity index (χ4v) is 1.84. The average Bonchev–Trinajstić information content (AvgIpc) is 2.99. The van der Waals surface area contributed by atoms with E-state index in [0.29, 0.717) is 23.6 Å². The third-order valence-corrected chi connectivity index (χ3v) is 2.93. The van der Waals surface area contributed by atoms with Crippen molar-refractivity contribution in [2.45, 2.75) is 6.42 Å². The van der Waals surface area contributed by atoms with Crippen molar-refractivity contribution < 1.29 is 18.7 Å². The molecule has 5 nitrogen and oxygen atoms in total. The van der Waals surface area contributed by atoms with E-state index in [1.54, 1.807) is 37.8 Å². The molecule has 106 valence electrons. The van der Waals surface area contributed by atoms with Crippen LogP contribution in [0.3, 0.4) is 0 Å². The van der Waals surface area contributed by atoms with Gasteiger partial charge >= 0.3 is 0 Å². The van der Waals surface area contributed by atoms with Gasteiger partial charge in [-0.3, -0.25) is 4.79 Å². The maximum Gasteiger partial charge on any atom is 0.255 e. The van der Waals surface area contributed by atoms with E-state index in [0.717, 1.165) is 12.0 Å². The van der Waals surface area contributed by atoms with Gasteiger partial charge in [-0.2, -0.15) is 0 Å². The van der Waals surface area contributed by atoms with Crippen molar-refractivity contribution in [3.8, 4) is 11.5 Å². The molecule has 1 aromatic heterocycles. The van der Waals surface area contributed by atoms with E-state index in [-0.39, 0.29) is 5.91 Å². The first-order valence-electron chi connectivity index (χ1n) is 6.26. The molecular formula is C15H17NO4. The summed E-state index contributed by atoms with van der Waals surface area (Å²) in [7, 11) is 3.09. The normalized spacial score (nSPS) is 10.1. The van der Waals surface area contributed by atoms with Crippen molar-refractivity contribution in [3.63, 3.8) is 0 Å². The minimum atomic E-state index is -0.173. The number of hydrogen-bond acceptors (Lipinski definition) is 4. The molecule has 0 saturated heterocycles. The lowest BCUT2D eigenvalue weighted by Gasteiger charge is -2.10. The molecule has 0 saturated carbocycles. The lowest BCUT2D eigenvalue weighted by Crippen LogP contribution is -2.26. The quantitative estimate of drug-likeness (QED) is 0.878. The topological polar surface area (TPSA) is 60.7 Å². The lowest BCUT2D eigenvalue weighted by atomic mass is 10.1. The van der Waals surface area contributed by atoms with Crippen LogP contribution in [-0.2, 0) is 6.42 Å². The summed E-state index contributed by atoms with van der Waals surface area (Å²) in [5, 5.41) is 2.85. The van der Waals surface area contributed by atoms with Gasteiger partial charge in [0.1, 0.15) is 11.5 Å². The molecule has 0 atom stereocenters. The largest absolute Gasteiger partial charge is 0.497 e. The average molecular weight is 275 g/mol. The van der Waals surface area contributed by atoms with Gasteiger partial charge in [0.15, 0.2) is 0 Å². The zero-order chi connectivity index (χ0) is 14.4. The Hall–Kier alpha value is -2.43. The Morgan fingerprint density at radius 2 is 2.10 bits per heavy atom. The van der Waals surface area contributed by atoms with E-state index in [1.807, 2.05) is 6.07 Å². The van der Waals surface area contributed by atoms with Crippen LogP contribution in [0.15, 0.2) is 41.2 Å². The molecule has 5 heteroatoms. The Morgan fingerprint density at radius 1 is 1.25 bits per heavy atom. The Bertz CT molecular complexity index is 563. The monoisotopic (exact) mass is 275 g/mol. The SMILES string of the molecule is COc1ccc(C(=O)NCCc2ccoc2)c(OC)c1. The summed E-state index contributed by atoms with van der Waals surface area (Å²) in [4.78, 5) is 12.1. The highest BCUT2D eigenvalue weighted by Crippen LogP contribution is 2.24. The van der Waals surface area contributed by atoms with Gasteiger partial charge in [-0.25, -0.2) is 0 Å². The smallest absolute Gasteiger partial charge is 0.255 e. The molecule has 0 aliphatic carbocycles. The molecule has 1 aromatic carbocycles. The van der Waals surface area contributed by atoms with Gasteiger partial charge in [-0.05, 0) is 30.2 Å². The van der Waals surface area contributed by atoms with Crippen molar-refractivity contribution in [3.05, 3.63) is 47.9 Å². The fraction of sp³-hybridized carbons (Fsp3) is 0.267. The highest BCUT2D eigenvalue weighted by atomic mass is 16.5. The van der Waals surface area contributed by atoms with Crippen molar-refractivity contribution in [1.29, 1.82) is 0 Å². The minimum Gasteiger partial charge on any atom is -0.497 e. The number of furan rings is 1. The van der Waals surface area contributed by atoms with Gasteiger partial charge < -0.3 is 19.2 Å². The molecule has 1 N–H and O–H groups in total. The summed E-state index contributed by atoms with van der Waals surface area (Å²) in [6.45, 7) is 0.535. The van der Waals surface area contributed by atoms with Gasteiger partial charge in [0, 0.05) is 12.6 Å². The van der Waals surface area contributed by atoms with E-state index in [1.165, 1.54) is 7.11 Å². The van der Waals surface area contributed by atoms with Crippen LogP contribution < -0.4 is 14.8 Å². The predicted octanol–water partition coefficient (Wildman–Crippen LogP) is 2.27. The standard InChI is InChI=1S/C15H17NO4/c1-18-12-3-4-13(14(9-12)19-2)15(17)16-7-5-11-6-8-20-10-11/h3-4,6,8-10H,5,7H2,1-2H3,(H,16,17). The van der Waals surface area contributed by atoms with Crippen LogP contribution in [0.4, 0.5) is 0 Å².